The van der Waals surface area contributed by atoms with Crippen LogP contribution in [-0.2, 0) is 9.53 Å². The van der Waals surface area contributed by atoms with E-state index in [1.165, 1.54) is 19.3 Å². The lowest BCUT2D eigenvalue weighted by atomic mass is 9.98. The van der Waals surface area contributed by atoms with E-state index in [0.717, 1.165) is 12.8 Å². The summed E-state index contributed by atoms with van der Waals surface area (Å²) in [6.07, 6.45) is 6.68. The number of carbonyl (C=O) groups is 1. The molecule has 1 aliphatic carbocycles. The molecule has 0 N–H and O–H groups in total. The van der Waals surface area contributed by atoms with Gasteiger partial charge in [-0.2, -0.15) is 0 Å². The first kappa shape index (κ1) is 10.6. The first-order chi connectivity index (χ1) is 6.18. The van der Waals surface area contributed by atoms with Gasteiger partial charge in [0.15, 0.2) is 0 Å². The molecule has 0 aliphatic heterocycles. The van der Waals surface area contributed by atoms with Gasteiger partial charge in [-0.25, -0.2) is 0 Å². The summed E-state index contributed by atoms with van der Waals surface area (Å²) in [4.78, 5) is 11.3. The topological polar surface area (TPSA) is 26.3 Å². The van der Waals surface area contributed by atoms with Crippen LogP contribution in [0.3, 0.4) is 0 Å². The van der Waals surface area contributed by atoms with E-state index in [1.54, 1.807) is 0 Å². The Morgan fingerprint density at radius 3 is 2.46 bits per heavy atom. The van der Waals surface area contributed by atoms with Crippen LogP contribution in [0.5, 0.6) is 0 Å². The summed E-state index contributed by atoms with van der Waals surface area (Å²) in [5.74, 6) is 0.401. The molecule has 0 unspecified atom stereocenters. The van der Waals surface area contributed by atoms with Crippen LogP contribution in [-0.4, -0.2) is 12.1 Å². The molecule has 0 saturated heterocycles. The van der Waals surface area contributed by atoms with Gasteiger partial charge in [0.1, 0.15) is 6.10 Å². The first-order valence-corrected chi connectivity index (χ1v) is 5.38. The summed E-state index contributed by atoms with van der Waals surface area (Å²) in [5.41, 5.74) is 0. The molecule has 2 heteroatoms. The molecule has 0 heterocycles. The predicted octanol–water partition coefficient (Wildman–Crippen LogP) is 2.91. The average Bonchev–Trinajstić information content (AvgIpc) is 2.04. The van der Waals surface area contributed by atoms with Gasteiger partial charge in [-0.15, -0.1) is 0 Å². The minimum Gasteiger partial charge on any atom is -0.462 e. The van der Waals surface area contributed by atoms with Crippen LogP contribution in [0, 0.1) is 5.92 Å². The maximum Gasteiger partial charge on any atom is 0.306 e. The number of hydrogen-bond donors (Lipinski definition) is 0. The zero-order chi connectivity index (χ0) is 9.68. The van der Waals surface area contributed by atoms with Crippen molar-refractivity contribution in [3.8, 4) is 0 Å². The van der Waals surface area contributed by atoms with E-state index in [9.17, 15) is 4.79 Å². The van der Waals surface area contributed by atoms with Crippen molar-refractivity contribution in [1.82, 2.24) is 0 Å². The number of esters is 1. The molecule has 1 rings (SSSR count). The van der Waals surface area contributed by atoms with Crippen LogP contribution in [0.15, 0.2) is 0 Å². The van der Waals surface area contributed by atoms with Gasteiger partial charge >= 0.3 is 5.97 Å². The Morgan fingerprint density at radius 2 is 1.92 bits per heavy atom. The SMILES string of the molecule is CC(C)CC(=O)OC1CCCCC1. The molecule has 76 valence electrons. The second-order valence-electron chi connectivity index (χ2n) is 4.35. The Labute approximate surface area is 80.7 Å². The second kappa shape index (κ2) is 5.25. The molecule has 0 bridgehead atoms. The van der Waals surface area contributed by atoms with Gasteiger partial charge in [-0.1, -0.05) is 20.3 Å². The third kappa shape index (κ3) is 4.30. The van der Waals surface area contributed by atoms with E-state index in [1.807, 2.05) is 13.8 Å². The fourth-order valence-electron chi connectivity index (χ4n) is 1.75. The highest BCUT2D eigenvalue weighted by atomic mass is 16.5. The lowest BCUT2D eigenvalue weighted by molar-refractivity contribution is -0.151. The molecular weight excluding hydrogens is 164 g/mol. The van der Waals surface area contributed by atoms with Crippen LogP contribution >= 0.6 is 0 Å². The molecule has 0 amide bonds. The summed E-state index contributed by atoms with van der Waals surface area (Å²) in [6, 6.07) is 0. The highest BCUT2D eigenvalue weighted by Gasteiger charge is 2.17. The minimum atomic E-state index is -0.0121. The standard InChI is InChI=1S/C11H20O2/c1-9(2)8-11(12)13-10-6-4-3-5-7-10/h9-10H,3-8H2,1-2H3. The molecular formula is C11H20O2. The summed E-state index contributed by atoms with van der Waals surface area (Å²) in [7, 11) is 0. The number of ether oxygens (including phenoxy) is 1. The summed E-state index contributed by atoms with van der Waals surface area (Å²) < 4.78 is 5.36. The van der Waals surface area contributed by atoms with Crippen molar-refractivity contribution in [3.05, 3.63) is 0 Å². The maximum absolute atomic E-state index is 11.3. The molecule has 0 aromatic heterocycles. The quantitative estimate of drug-likeness (QED) is 0.630. The molecule has 1 aliphatic rings. The summed E-state index contributed by atoms with van der Waals surface area (Å²) >= 11 is 0. The number of hydrogen-bond acceptors (Lipinski definition) is 2. The largest absolute Gasteiger partial charge is 0.462 e. The van der Waals surface area contributed by atoms with Gasteiger partial charge in [-0.3, -0.25) is 4.79 Å². The Hall–Kier alpha value is -0.530. The van der Waals surface area contributed by atoms with E-state index >= 15 is 0 Å². The van der Waals surface area contributed by atoms with Crippen molar-refractivity contribution in [2.75, 3.05) is 0 Å². The van der Waals surface area contributed by atoms with Gasteiger partial charge in [0.05, 0.1) is 0 Å². The average molecular weight is 184 g/mol. The molecule has 0 spiro atoms. The fraction of sp³-hybridized carbons (Fsp3) is 0.909. The Bertz CT molecular complexity index is 157. The van der Waals surface area contributed by atoms with Crippen LogP contribution in [0.4, 0.5) is 0 Å². The smallest absolute Gasteiger partial charge is 0.306 e. The minimum absolute atomic E-state index is 0.0121. The van der Waals surface area contributed by atoms with E-state index in [4.69, 9.17) is 4.74 Å². The van der Waals surface area contributed by atoms with E-state index in [2.05, 4.69) is 0 Å². The van der Waals surface area contributed by atoms with Gasteiger partial charge in [0, 0.05) is 6.42 Å². The third-order valence-corrected chi connectivity index (χ3v) is 2.43. The van der Waals surface area contributed by atoms with E-state index in [-0.39, 0.29) is 12.1 Å². The van der Waals surface area contributed by atoms with Gasteiger partial charge < -0.3 is 4.74 Å². The first-order valence-electron chi connectivity index (χ1n) is 5.38. The highest BCUT2D eigenvalue weighted by molar-refractivity contribution is 5.69. The van der Waals surface area contributed by atoms with Crippen molar-refractivity contribution in [3.63, 3.8) is 0 Å². The molecule has 0 radical (unpaired) electrons. The lowest BCUT2D eigenvalue weighted by Crippen LogP contribution is -2.21. The Morgan fingerprint density at radius 1 is 1.31 bits per heavy atom. The van der Waals surface area contributed by atoms with Crippen molar-refractivity contribution < 1.29 is 9.53 Å². The van der Waals surface area contributed by atoms with Gasteiger partial charge in [0.25, 0.3) is 0 Å². The Balaban J connectivity index is 2.18. The van der Waals surface area contributed by atoms with Crippen LogP contribution in [0.1, 0.15) is 52.4 Å². The molecule has 13 heavy (non-hydrogen) atoms. The van der Waals surface area contributed by atoms with Crippen molar-refractivity contribution in [2.24, 2.45) is 5.92 Å². The van der Waals surface area contributed by atoms with Gasteiger partial charge in [0.2, 0.25) is 0 Å². The fourth-order valence-corrected chi connectivity index (χ4v) is 1.75. The molecule has 2 nitrogen and oxygen atoms in total. The van der Waals surface area contributed by atoms with Gasteiger partial charge in [-0.05, 0) is 31.6 Å². The zero-order valence-electron chi connectivity index (χ0n) is 8.71. The lowest BCUT2D eigenvalue weighted by Gasteiger charge is -2.22. The van der Waals surface area contributed by atoms with E-state index in [0.29, 0.717) is 12.3 Å². The molecule has 0 atom stereocenters. The molecule has 1 saturated carbocycles. The number of carbonyl (C=O) groups excluding carboxylic acids is 1. The van der Waals surface area contributed by atoms with Crippen LogP contribution in [0.2, 0.25) is 0 Å². The normalized spacial score (nSPS) is 19.0. The zero-order valence-corrected chi connectivity index (χ0v) is 8.71. The highest BCUT2D eigenvalue weighted by Crippen LogP contribution is 2.21. The third-order valence-electron chi connectivity index (χ3n) is 2.43. The maximum atomic E-state index is 11.3. The molecule has 1 fully saturated rings. The summed E-state index contributed by atoms with van der Waals surface area (Å²) in [5, 5.41) is 0. The Kier molecular flexibility index (Phi) is 4.26. The molecule has 0 aromatic carbocycles. The number of rotatable bonds is 3. The second-order valence-corrected chi connectivity index (χ2v) is 4.35. The predicted molar refractivity (Wildman–Crippen MR) is 52.4 cm³/mol. The van der Waals surface area contributed by atoms with Crippen molar-refractivity contribution in [2.45, 2.75) is 58.5 Å². The van der Waals surface area contributed by atoms with Crippen molar-refractivity contribution in [1.29, 1.82) is 0 Å². The molecule has 0 aromatic rings. The van der Waals surface area contributed by atoms with Crippen LogP contribution < -0.4 is 0 Å². The monoisotopic (exact) mass is 184 g/mol. The summed E-state index contributed by atoms with van der Waals surface area (Å²) in [6.45, 7) is 4.09. The van der Waals surface area contributed by atoms with Crippen molar-refractivity contribution >= 4 is 5.97 Å². The van der Waals surface area contributed by atoms with Crippen LogP contribution in [0.25, 0.3) is 0 Å². The van der Waals surface area contributed by atoms with E-state index < -0.39 is 0 Å².